The molecule has 0 radical (unpaired) electrons. The van der Waals surface area contributed by atoms with E-state index in [2.05, 4.69) is 11.8 Å². The monoisotopic (exact) mass is 222 g/mol. The zero-order chi connectivity index (χ0) is 11.5. The van der Waals surface area contributed by atoms with Crippen LogP contribution in [-0.4, -0.2) is 19.6 Å². The van der Waals surface area contributed by atoms with Crippen molar-refractivity contribution >= 4 is 5.69 Å². The van der Waals surface area contributed by atoms with E-state index < -0.39 is 0 Å². The van der Waals surface area contributed by atoms with Crippen molar-refractivity contribution in [2.75, 3.05) is 24.5 Å². The van der Waals surface area contributed by atoms with Gasteiger partial charge in [-0.2, -0.15) is 0 Å². The smallest absolute Gasteiger partial charge is 0.123 e. The van der Waals surface area contributed by atoms with E-state index in [-0.39, 0.29) is 5.82 Å². The Kier molecular flexibility index (Phi) is 3.44. The van der Waals surface area contributed by atoms with Gasteiger partial charge in [-0.1, -0.05) is 6.92 Å². The van der Waals surface area contributed by atoms with Gasteiger partial charge in [0.25, 0.3) is 0 Å². The molecule has 0 spiro atoms. The van der Waals surface area contributed by atoms with Crippen molar-refractivity contribution in [1.29, 1.82) is 0 Å². The van der Waals surface area contributed by atoms with Crippen LogP contribution in [0.15, 0.2) is 18.2 Å². The standard InChI is InChI=1S/C13H19FN2/c1-10-5-7-16(9-10)13-3-2-12(14)8-11(13)4-6-15/h2-3,8,10H,4-7,9,15H2,1H3. The Morgan fingerprint density at radius 2 is 2.31 bits per heavy atom. The summed E-state index contributed by atoms with van der Waals surface area (Å²) in [5, 5.41) is 0. The Bertz CT molecular complexity index is 365. The summed E-state index contributed by atoms with van der Waals surface area (Å²) in [4.78, 5) is 2.34. The largest absolute Gasteiger partial charge is 0.371 e. The molecule has 88 valence electrons. The molecule has 1 aliphatic rings. The second kappa shape index (κ2) is 4.83. The molecule has 1 atom stereocenters. The lowest BCUT2D eigenvalue weighted by atomic mass is 10.1. The fourth-order valence-corrected chi connectivity index (χ4v) is 2.37. The first-order chi connectivity index (χ1) is 7.70. The average molecular weight is 222 g/mol. The minimum Gasteiger partial charge on any atom is -0.371 e. The lowest BCUT2D eigenvalue weighted by Crippen LogP contribution is -2.21. The molecule has 1 heterocycles. The molecule has 2 N–H and O–H groups in total. The molecule has 16 heavy (non-hydrogen) atoms. The van der Waals surface area contributed by atoms with Crippen molar-refractivity contribution in [3.8, 4) is 0 Å². The van der Waals surface area contributed by atoms with Crippen LogP contribution in [0.1, 0.15) is 18.9 Å². The Hall–Kier alpha value is -1.09. The molecule has 1 aromatic rings. The summed E-state index contributed by atoms with van der Waals surface area (Å²) in [6.45, 7) is 4.97. The number of rotatable bonds is 3. The van der Waals surface area contributed by atoms with Crippen molar-refractivity contribution in [1.82, 2.24) is 0 Å². The van der Waals surface area contributed by atoms with Gasteiger partial charge in [-0.3, -0.25) is 0 Å². The molecule has 3 heteroatoms. The van der Waals surface area contributed by atoms with Crippen LogP contribution in [0.3, 0.4) is 0 Å². The molecule has 2 rings (SSSR count). The number of hydrogen-bond donors (Lipinski definition) is 1. The van der Waals surface area contributed by atoms with Crippen LogP contribution < -0.4 is 10.6 Å². The highest BCUT2D eigenvalue weighted by atomic mass is 19.1. The molecule has 2 nitrogen and oxygen atoms in total. The Morgan fingerprint density at radius 3 is 2.94 bits per heavy atom. The Balaban J connectivity index is 2.25. The van der Waals surface area contributed by atoms with Crippen LogP contribution in [0.2, 0.25) is 0 Å². The SMILES string of the molecule is CC1CCN(c2ccc(F)cc2CCN)C1. The normalized spacial score (nSPS) is 20.4. The lowest BCUT2D eigenvalue weighted by Gasteiger charge is -2.21. The molecular weight excluding hydrogens is 203 g/mol. The van der Waals surface area contributed by atoms with Crippen LogP contribution in [0.4, 0.5) is 10.1 Å². The highest BCUT2D eigenvalue weighted by Gasteiger charge is 2.20. The Morgan fingerprint density at radius 1 is 1.50 bits per heavy atom. The van der Waals surface area contributed by atoms with Crippen LogP contribution >= 0.6 is 0 Å². The third-order valence-corrected chi connectivity index (χ3v) is 3.22. The van der Waals surface area contributed by atoms with Gasteiger partial charge in [-0.25, -0.2) is 4.39 Å². The van der Waals surface area contributed by atoms with Gasteiger partial charge in [0.15, 0.2) is 0 Å². The van der Waals surface area contributed by atoms with Crippen LogP contribution in [-0.2, 0) is 6.42 Å². The van der Waals surface area contributed by atoms with Crippen LogP contribution in [0.25, 0.3) is 0 Å². The molecule has 1 aromatic carbocycles. The van der Waals surface area contributed by atoms with Crippen LogP contribution in [0.5, 0.6) is 0 Å². The van der Waals surface area contributed by atoms with Gasteiger partial charge in [0.05, 0.1) is 0 Å². The highest BCUT2D eigenvalue weighted by molar-refractivity contribution is 5.54. The molecular formula is C13H19FN2. The summed E-state index contributed by atoms with van der Waals surface area (Å²) in [7, 11) is 0. The molecule has 0 bridgehead atoms. The molecule has 1 unspecified atom stereocenters. The number of nitrogens with two attached hydrogens (primary N) is 1. The third-order valence-electron chi connectivity index (χ3n) is 3.22. The predicted octanol–water partition coefficient (Wildman–Crippen LogP) is 2.17. The van der Waals surface area contributed by atoms with E-state index in [4.69, 9.17) is 5.73 Å². The molecule has 1 aliphatic heterocycles. The summed E-state index contributed by atoms with van der Waals surface area (Å²) in [5.74, 6) is 0.565. The van der Waals surface area contributed by atoms with Crippen molar-refractivity contribution in [2.24, 2.45) is 11.7 Å². The van der Waals surface area contributed by atoms with Gasteiger partial charge in [0.1, 0.15) is 5.82 Å². The summed E-state index contributed by atoms with van der Waals surface area (Å²) in [6.07, 6.45) is 1.97. The molecule has 1 saturated heterocycles. The number of nitrogens with zero attached hydrogens (tertiary/aromatic N) is 1. The topological polar surface area (TPSA) is 29.3 Å². The molecule has 0 aliphatic carbocycles. The maximum Gasteiger partial charge on any atom is 0.123 e. The van der Waals surface area contributed by atoms with Crippen molar-refractivity contribution in [3.63, 3.8) is 0 Å². The first kappa shape index (κ1) is 11.4. The quantitative estimate of drug-likeness (QED) is 0.849. The maximum absolute atomic E-state index is 13.2. The first-order valence-corrected chi connectivity index (χ1v) is 5.94. The van der Waals surface area contributed by atoms with E-state index in [1.807, 2.05) is 6.07 Å². The number of benzene rings is 1. The van der Waals surface area contributed by atoms with E-state index in [1.54, 1.807) is 12.1 Å². The molecule has 1 fully saturated rings. The van der Waals surface area contributed by atoms with Gasteiger partial charge in [-0.15, -0.1) is 0 Å². The average Bonchev–Trinajstić information content (AvgIpc) is 2.65. The van der Waals surface area contributed by atoms with E-state index in [0.29, 0.717) is 6.54 Å². The zero-order valence-corrected chi connectivity index (χ0v) is 9.75. The number of hydrogen-bond acceptors (Lipinski definition) is 2. The van der Waals surface area contributed by atoms with Gasteiger partial charge >= 0.3 is 0 Å². The minimum absolute atomic E-state index is 0.167. The molecule has 0 saturated carbocycles. The van der Waals surface area contributed by atoms with Crippen LogP contribution in [0, 0.1) is 11.7 Å². The fraction of sp³-hybridized carbons (Fsp3) is 0.538. The second-order valence-corrected chi connectivity index (χ2v) is 4.65. The van der Waals surface area contributed by atoms with Crippen molar-refractivity contribution in [2.45, 2.75) is 19.8 Å². The van der Waals surface area contributed by atoms with Crippen molar-refractivity contribution in [3.05, 3.63) is 29.6 Å². The third kappa shape index (κ3) is 2.35. The summed E-state index contributed by atoms with van der Waals surface area (Å²) in [6, 6.07) is 5.04. The number of anilines is 1. The zero-order valence-electron chi connectivity index (χ0n) is 9.75. The summed E-state index contributed by atoms with van der Waals surface area (Å²) in [5.41, 5.74) is 7.77. The van der Waals surface area contributed by atoms with Crippen molar-refractivity contribution < 1.29 is 4.39 Å². The van der Waals surface area contributed by atoms with E-state index in [1.165, 1.54) is 6.42 Å². The van der Waals surface area contributed by atoms with Gasteiger partial charge in [0, 0.05) is 18.8 Å². The predicted molar refractivity (Wildman–Crippen MR) is 65.2 cm³/mol. The Labute approximate surface area is 96.2 Å². The first-order valence-electron chi connectivity index (χ1n) is 5.94. The highest BCUT2D eigenvalue weighted by Crippen LogP contribution is 2.27. The van der Waals surface area contributed by atoms with Gasteiger partial charge in [-0.05, 0) is 49.1 Å². The summed E-state index contributed by atoms with van der Waals surface area (Å²) >= 11 is 0. The summed E-state index contributed by atoms with van der Waals surface area (Å²) < 4.78 is 13.2. The number of halogens is 1. The lowest BCUT2D eigenvalue weighted by molar-refractivity contribution is 0.624. The van der Waals surface area contributed by atoms with E-state index >= 15 is 0 Å². The minimum atomic E-state index is -0.167. The van der Waals surface area contributed by atoms with Gasteiger partial charge in [0.2, 0.25) is 0 Å². The van der Waals surface area contributed by atoms with E-state index in [9.17, 15) is 4.39 Å². The van der Waals surface area contributed by atoms with E-state index in [0.717, 1.165) is 36.7 Å². The molecule has 0 amide bonds. The van der Waals surface area contributed by atoms with Gasteiger partial charge < -0.3 is 10.6 Å². The molecule has 0 aromatic heterocycles. The second-order valence-electron chi connectivity index (χ2n) is 4.65. The maximum atomic E-state index is 13.2. The fourth-order valence-electron chi connectivity index (χ4n) is 2.37.